The standard InChI is InChI=1S/C16H16O7/c1-19-13-7-10(8-14(20-2)15(13)21-3)11(17)9-23-16(18)12-5-4-6-22-12/h4-8H,9H2,1-3H3. The van der Waals surface area contributed by atoms with E-state index in [0.29, 0.717) is 17.2 Å². The van der Waals surface area contributed by atoms with Crippen LogP contribution in [0.25, 0.3) is 0 Å². The van der Waals surface area contributed by atoms with Gasteiger partial charge in [-0.05, 0) is 24.3 Å². The summed E-state index contributed by atoms with van der Waals surface area (Å²) in [5.41, 5.74) is 0.270. The fourth-order valence-corrected chi connectivity index (χ4v) is 1.92. The van der Waals surface area contributed by atoms with Gasteiger partial charge in [0, 0.05) is 5.56 Å². The van der Waals surface area contributed by atoms with E-state index in [1.807, 2.05) is 0 Å². The van der Waals surface area contributed by atoms with Crippen LogP contribution >= 0.6 is 0 Å². The third-order valence-corrected chi connectivity index (χ3v) is 3.04. The Kier molecular flexibility index (Phi) is 5.24. The quantitative estimate of drug-likeness (QED) is 0.572. The number of rotatable bonds is 7. The van der Waals surface area contributed by atoms with Gasteiger partial charge in [0.2, 0.25) is 17.3 Å². The van der Waals surface area contributed by atoms with Gasteiger partial charge in [-0.25, -0.2) is 4.79 Å². The van der Waals surface area contributed by atoms with Crippen molar-refractivity contribution in [2.24, 2.45) is 0 Å². The average Bonchev–Trinajstić information content (AvgIpc) is 3.12. The fourth-order valence-electron chi connectivity index (χ4n) is 1.92. The first-order chi connectivity index (χ1) is 11.1. The van der Waals surface area contributed by atoms with Crippen molar-refractivity contribution < 1.29 is 33.0 Å². The van der Waals surface area contributed by atoms with E-state index in [2.05, 4.69) is 0 Å². The number of hydrogen-bond donors (Lipinski definition) is 0. The SMILES string of the molecule is COc1cc(C(=O)COC(=O)c2ccco2)cc(OC)c1OC. The minimum Gasteiger partial charge on any atom is -0.493 e. The molecule has 1 aromatic heterocycles. The van der Waals surface area contributed by atoms with Crippen LogP contribution < -0.4 is 14.2 Å². The predicted molar refractivity (Wildman–Crippen MR) is 79.4 cm³/mol. The highest BCUT2D eigenvalue weighted by molar-refractivity contribution is 6.00. The molecule has 0 aliphatic rings. The molecule has 0 spiro atoms. The number of benzene rings is 1. The Balaban J connectivity index is 2.14. The molecule has 0 aliphatic carbocycles. The molecule has 0 aliphatic heterocycles. The third-order valence-electron chi connectivity index (χ3n) is 3.04. The molecule has 0 saturated carbocycles. The summed E-state index contributed by atoms with van der Waals surface area (Å²) in [5, 5.41) is 0. The van der Waals surface area contributed by atoms with Crippen molar-refractivity contribution in [1.82, 2.24) is 0 Å². The largest absolute Gasteiger partial charge is 0.493 e. The van der Waals surface area contributed by atoms with Gasteiger partial charge in [0.1, 0.15) is 0 Å². The number of furan rings is 1. The highest BCUT2D eigenvalue weighted by Crippen LogP contribution is 2.38. The van der Waals surface area contributed by atoms with Gasteiger partial charge in [0.05, 0.1) is 27.6 Å². The molecule has 0 atom stereocenters. The van der Waals surface area contributed by atoms with E-state index in [-0.39, 0.29) is 11.3 Å². The summed E-state index contributed by atoms with van der Waals surface area (Å²) >= 11 is 0. The Morgan fingerprint density at radius 2 is 1.70 bits per heavy atom. The van der Waals surface area contributed by atoms with E-state index in [4.69, 9.17) is 23.4 Å². The predicted octanol–water partition coefficient (Wildman–Crippen LogP) is 2.35. The van der Waals surface area contributed by atoms with Crippen LogP contribution in [0.1, 0.15) is 20.9 Å². The number of methoxy groups -OCH3 is 3. The number of ketones is 1. The average molecular weight is 320 g/mol. The summed E-state index contributed by atoms with van der Waals surface area (Å²) < 4.78 is 25.3. The first-order valence-electron chi connectivity index (χ1n) is 6.64. The summed E-state index contributed by atoms with van der Waals surface area (Å²) in [5.74, 6) is -0.0399. The smallest absolute Gasteiger partial charge is 0.374 e. The molecule has 1 aromatic carbocycles. The molecule has 0 amide bonds. The normalized spacial score (nSPS) is 10.0. The van der Waals surface area contributed by atoms with E-state index in [1.54, 1.807) is 6.07 Å². The number of ether oxygens (including phenoxy) is 4. The summed E-state index contributed by atoms with van der Waals surface area (Å²) in [4.78, 5) is 23.8. The fraction of sp³-hybridized carbons (Fsp3) is 0.250. The summed E-state index contributed by atoms with van der Waals surface area (Å²) in [7, 11) is 4.36. The molecule has 23 heavy (non-hydrogen) atoms. The van der Waals surface area contributed by atoms with Crippen LogP contribution in [-0.4, -0.2) is 39.7 Å². The van der Waals surface area contributed by atoms with E-state index >= 15 is 0 Å². The van der Waals surface area contributed by atoms with Crippen LogP contribution in [0.15, 0.2) is 34.9 Å². The topological polar surface area (TPSA) is 84.2 Å². The molecule has 7 nitrogen and oxygen atoms in total. The minimum atomic E-state index is -0.712. The first kappa shape index (κ1) is 16.4. The first-order valence-corrected chi connectivity index (χ1v) is 6.64. The van der Waals surface area contributed by atoms with Crippen molar-refractivity contribution in [1.29, 1.82) is 0 Å². The van der Waals surface area contributed by atoms with Gasteiger partial charge in [-0.15, -0.1) is 0 Å². The summed E-state index contributed by atoms with van der Waals surface area (Å²) in [6.45, 7) is -0.432. The lowest BCUT2D eigenvalue weighted by molar-refractivity contribution is 0.0444. The van der Waals surface area contributed by atoms with Gasteiger partial charge in [-0.1, -0.05) is 0 Å². The lowest BCUT2D eigenvalue weighted by atomic mass is 10.1. The van der Waals surface area contributed by atoms with Gasteiger partial charge in [-0.2, -0.15) is 0 Å². The van der Waals surface area contributed by atoms with Crippen LogP contribution in [0, 0.1) is 0 Å². The minimum absolute atomic E-state index is 0.0303. The van der Waals surface area contributed by atoms with Crippen LogP contribution in [0.3, 0.4) is 0 Å². The molecule has 7 heteroatoms. The van der Waals surface area contributed by atoms with Crippen LogP contribution in [0.5, 0.6) is 17.2 Å². The molecule has 2 rings (SSSR count). The molecule has 0 unspecified atom stereocenters. The molecule has 0 saturated heterocycles. The lowest BCUT2D eigenvalue weighted by Crippen LogP contribution is -2.14. The van der Waals surface area contributed by atoms with Gasteiger partial charge in [0.15, 0.2) is 18.1 Å². The van der Waals surface area contributed by atoms with Crippen molar-refractivity contribution in [2.75, 3.05) is 27.9 Å². The van der Waals surface area contributed by atoms with E-state index in [1.165, 1.54) is 45.8 Å². The van der Waals surface area contributed by atoms with Crippen LogP contribution in [0.4, 0.5) is 0 Å². The molecule has 0 fully saturated rings. The van der Waals surface area contributed by atoms with Gasteiger partial charge in [0.25, 0.3) is 0 Å². The maximum atomic E-state index is 12.2. The second-order valence-electron chi connectivity index (χ2n) is 4.39. The molecule has 0 radical (unpaired) electrons. The lowest BCUT2D eigenvalue weighted by Gasteiger charge is -2.13. The Morgan fingerprint density at radius 3 is 2.17 bits per heavy atom. The number of esters is 1. The number of Topliss-reactive ketones (excluding diaryl/α,β-unsaturated/α-hetero) is 1. The molecule has 0 N–H and O–H groups in total. The Morgan fingerprint density at radius 1 is 1.04 bits per heavy atom. The summed E-state index contributed by atoms with van der Waals surface area (Å²) in [6.07, 6.45) is 1.34. The zero-order chi connectivity index (χ0) is 16.8. The number of carbonyl (C=O) groups excluding carboxylic acids is 2. The second kappa shape index (κ2) is 7.35. The molecule has 1 heterocycles. The van der Waals surface area contributed by atoms with Crippen molar-refractivity contribution >= 4 is 11.8 Å². The molecule has 122 valence electrons. The highest BCUT2D eigenvalue weighted by Gasteiger charge is 2.19. The molecular weight excluding hydrogens is 304 g/mol. The van der Waals surface area contributed by atoms with Crippen molar-refractivity contribution in [3.8, 4) is 17.2 Å². The van der Waals surface area contributed by atoms with E-state index in [0.717, 1.165) is 0 Å². The Hall–Kier alpha value is -2.96. The zero-order valence-electron chi connectivity index (χ0n) is 13.0. The monoisotopic (exact) mass is 320 g/mol. The van der Waals surface area contributed by atoms with Gasteiger partial charge < -0.3 is 23.4 Å². The number of hydrogen-bond acceptors (Lipinski definition) is 7. The van der Waals surface area contributed by atoms with Crippen molar-refractivity contribution in [3.05, 3.63) is 41.9 Å². The highest BCUT2D eigenvalue weighted by atomic mass is 16.5. The number of carbonyl (C=O) groups is 2. The zero-order valence-corrected chi connectivity index (χ0v) is 13.0. The Labute approximate surface area is 132 Å². The van der Waals surface area contributed by atoms with E-state index in [9.17, 15) is 9.59 Å². The van der Waals surface area contributed by atoms with E-state index < -0.39 is 18.4 Å². The van der Waals surface area contributed by atoms with Crippen molar-refractivity contribution in [2.45, 2.75) is 0 Å². The molecule has 0 bridgehead atoms. The van der Waals surface area contributed by atoms with Gasteiger partial charge in [-0.3, -0.25) is 4.79 Å². The maximum Gasteiger partial charge on any atom is 0.374 e. The molecule has 2 aromatic rings. The second-order valence-corrected chi connectivity index (χ2v) is 4.39. The molecular formula is C16H16O7. The third kappa shape index (κ3) is 3.63. The maximum absolute atomic E-state index is 12.2. The van der Waals surface area contributed by atoms with Crippen molar-refractivity contribution in [3.63, 3.8) is 0 Å². The summed E-state index contributed by atoms with van der Waals surface area (Å²) in [6, 6.07) is 5.98. The van der Waals surface area contributed by atoms with Crippen LogP contribution in [-0.2, 0) is 4.74 Å². The van der Waals surface area contributed by atoms with Crippen LogP contribution in [0.2, 0.25) is 0 Å². The Bertz CT molecular complexity index is 663. The van der Waals surface area contributed by atoms with Gasteiger partial charge >= 0.3 is 5.97 Å².